The van der Waals surface area contributed by atoms with Gasteiger partial charge in [0.1, 0.15) is 0 Å². The third-order valence-corrected chi connectivity index (χ3v) is 4.15. The number of rotatable bonds is 5. The average molecular weight is 320 g/mol. The van der Waals surface area contributed by atoms with E-state index in [2.05, 4.69) is 14.6 Å². The fourth-order valence-corrected chi connectivity index (χ4v) is 2.81. The quantitative estimate of drug-likeness (QED) is 0.634. The molecular weight excluding hydrogens is 313 g/mol. The van der Waals surface area contributed by atoms with Crippen molar-refractivity contribution >= 4 is 27.3 Å². The van der Waals surface area contributed by atoms with E-state index >= 15 is 0 Å². The van der Waals surface area contributed by atoms with Gasteiger partial charge in [0.2, 0.25) is 0 Å². The Bertz CT molecular complexity index is 553. The van der Waals surface area contributed by atoms with Gasteiger partial charge in [-0.1, -0.05) is 4.89 Å². The third kappa shape index (κ3) is 4.41. The molecule has 12 heteroatoms. The summed E-state index contributed by atoms with van der Waals surface area (Å²) in [6.45, 7) is -1.81. The lowest BCUT2D eigenvalue weighted by Gasteiger charge is -2.08. The Morgan fingerprint density at radius 3 is 2.68 bits per heavy atom. The highest BCUT2D eigenvalue weighted by molar-refractivity contribution is 7.91. The zero-order chi connectivity index (χ0) is 14.7. The predicted octanol–water partition coefficient (Wildman–Crippen LogP) is 0.702. The Labute approximate surface area is 109 Å². The number of ether oxygens (including phenoxy) is 1. The molecule has 0 bridgehead atoms. The smallest absolute Gasteiger partial charge is 0.413 e. The van der Waals surface area contributed by atoms with Crippen LogP contribution in [-0.2, 0) is 19.6 Å². The molecule has 0 aliphatic heterocycles. The number of methoxy groups -OCH3 is 1. The molecule has 0 fully saturated rings. The van der Waals surface area contributed by atoms with Crippen molar-refractivity contribution in [2.24, 2.45) is 0 Å². The van der Waals surface area contributed by atoms with E-state index in [0.29, 0.717) is 11.3 Å². The van der Waals surface area contributed by atoms with Gasteiger partial charge in [0.25, 0.3) is 10.0 Å². The maximum atomic E-state index is 11.8. The SMILES string of the molecule is COC(=O)c1ncsc1S(=O)(=O)NOCC(F)(F)F. The lowest BCUT2D eigenvalue weighted by molar-refractivity contribution is -0.181. The van der Waals surface area contributed by atoms with Crippen molar-refractivity contribution in [2.45, 2.75) is 10.4 Å². The van der Waals surface area contributed by atoms with Crippen LogP contribution in [0.15, 0.2) is 9.72 Å². The van der Waals surface area contributed by atoms with Crippen molar-refractivity contribution in [3.8, 4) is 0 Å². The zero-order valence-electron chi connectivity index (χ0n) is 9.22. The van der Waals surface area contributed by atoms with E-state index in [-0.39, 0.29) is 0 Å². The summed E-state index contributed by atoms with van der Waals surface area (Å²) < 4.78 is 62.2. The van der Waals surface area contributed by atoms with Gasteiger partial charge in [-0.05, 0) is 0 Å². The Balaban J connectivity index is 2.84. The monoisotopic (exact) mass is 320 g/mol. The molecule has 0 aromatic carbocycles. The summed E-state index contributed by atoms with van der Waals surface area (Å²) in [7, 11) is -3.44. The summed E-state index contributed by atoms with van der Waals surface area (Å²) in [5.74, 6) is -1.03. The predicted molar refractivity (Wildman–Crippen MR) is 55.8 cm³/mol. The second-order valence-electron chi connectivity index (χ2n) is 2.97. The number of hydrogen-bond acceptors (Lipinski definition) is 7. The highest BCUT2D eigenvalue weighted by Gasteiger charge is 2.31. The number of aromatic nitrogens is 1. The number of alkyl halides is 3. The van der Waals surface area contributed by atoms with E-state index in [1.54, 1.807) is 0 Å². The molecule has 1 N–H and O–H groups in total. The molecule has 108 valence electrons. The minimum atomic E-state index is -4.69. The van der Waals surface area contributed by atoms with Gasteiger partial charge in [-0.15, -0.1) is 11.3 Å². The van der Waals surface area contributed by atoms with Gasteiger partial charge in [0.15, 0.2) is 16.5 Å². The van der Waals surface area contributed by atoms with Crippen LogP contribution >= 0.6 is 11.3 Å². The maximum absolute atomic E-state index is 11.8. The number of carbonyl (C=O) groups excluding carboxylic acids is 1. The second kappa shape index (κ2) is 5.81. The number of carbonyl (C=O) groups is 1. The van der Waals surface area contributed by atoms with Crippen LogP contribution in [0.4, 0.5) is 13.2 Å². The fourth-order valence-electron chi connectivity index (χ4n) is 0.885. The number of nitrogens with zero attached hydrogens (tertiary/aromatic N) is 1. The van der Waals surface area contributed by atoms with E-state index in [4.69, 9.17) is 0 Å². The lowest BCUT2D eigenvalue weighted by atomic mass is 10.5. The van der Waals surface area contributed by atoms with Gasteiger partial charge in [-0.2, -0.15) is 13.2 Å². The Morgan fingerprint density at radius 2 is 2.16 bits per heavy atom. The summed E-state index contributed by atoms with van der Waals surface area (Å²) in [5, 5.41) is 0. The number of sulfonamides is 1. The molecule has 1 aromatic heterocycles. The standard InChI is InChI=1S/C7H7F3N2O5S2/c1-16-5(13)4-6(18-3-11-4)19(14,15)12-17-2-7(8,9)10/h3,12H,2H2,1H3. The number of nitrogens with one attached hydrogen (secondary N) is 1. The van der Waals surface area contributed by atoms with Gasteiger partial charge in [-0.25, -0.2) is 18.2 Å². The lowest BCUT2D eigenvalue weighted by Crippen LogP contribution is -2.30. The number of halogens is 3. The average Bonchev–Trinajstić information content (AvgIpc) is 2.75. The molecule has 0 unspecified atom stereocenters. The van der Waals surface area contributed by atoms with Crippen LogP contribution in [0.3, 0.4) is 0 Å². The normalized spacial score (nSPS) is 12.4. The minimum absolute atomic E-state index is 0.532. The van der Waals surface area contributed by atoms with Crippen molar-refractivity contribution in [3.63, 3.8) is 0 Å². The molecule has 19 heavy (non-hydrogen) atoms. The van der Waals surface area contributed by atoms with Gasteiger partial charge in [-0.3, -0.25) is 4.84 Å². The van der Waals surface area contributed by atoms with Crippen LogP contribution in [0.2, 0.25) is 0 Å². The molecule has 0 amide bonds. The topological polar surface area (TPSA) is 94.6 Å². The number of thiazole rings is 1. The molecule has 0 radical (unpaired) electrons. The van der Waals surface area contributed by atoms with Crippen molar-refractivity contribution in [1.82, 2.24) is 9.87 Å². The van der Waals surface area contributed by atoms with Crippen molar-refractivity contribution in [1.29, 1.82) is 0 Å². The van der Waals surface area contributed by atoms with Gasteiger partial charge >= 0.3 is 12.1 Å². The highest BCUT2D eigenvalue weighted by Crippen LogP contribution is 2.21. The molecule has 0 saturated carbocycles. The van der Waals surface area contributed by atoms with Crippen LogP contribution in [0, 0.1) is 0 Å². The molecule has 0 saturated heterocycles. The number of hydrogen-bond donors (Lipinski definition) is 1. The van der Waals surface area contributed by atoms with E-state index < -0.39 is 38.7 Å². The summed E-state index contributed by atoms with van der Waals surface area (Å²) in [6.07, 6.45) is -4.69. The van der Waals surface area contributed by atoms with Gasteiger partial charge in [0.05, 0.1) is 12.6 Å². The molecule has 0 aliphatic carbocycles. The first-order valence-corrected chi connectivity index (χ1v) is 6.76. The largest absolute Gasteiger partial charge is 0.464 e. The Hall–Kier alpha value is -1.24. The first kappa shape index (κ1) is 15.8. The Morgan fingerprint density at radius 1 is 1.53 bits per heavy atom. The summed E-state index contributed by atoms with van der Waals surface area (Å²) in [6, 6.07) is 0. The minimum Gasteiger partial charge on any atom is -0.464 e. The van der Waals surface area contributed by atoms with E-state index in [0.717, 1.165) is 12.6 Å². The van der Waals surface area contributed by atoms with Crippen LogP contribution in [0.5, 0.6) is 0 Å². The molecule has 0 aliphatic rings. The van der Waals surface area contributed by atoms with Crippen LogP contribution in [0.1, 0.15) is 10.5 Å². The van der Waals surface area contributed by atoms with E-state index in [9.17, 15) is 26.4 Å². The van der Waals surface area contributed by atoms with Crippen LogP contribution in [-0.4, -0.2) is 39.3 Å². The second-order valence-corrected chi connectivity index (χ2v) is 5.67. The molecule has 0 spiro atoms. The third-order valence-electron chi connectivity index (χ3n) is 1.56. The van der Waals surface area contributed by atoms with Crippen LogP contribution < -0.4 is 4.89 Å². The van der Waals surface area contributed by atoms with Crippen molar-refractivity contribution < 1.29 is 36.0 Å². The van der Waals surface area contributed by atoms with Crippen LogP contribution in [0.25, 0.3) is 0 Å². The van der Waals surface area contributed by atoms with Crippen molar-refractivity contribution in [2.75, 3.05) is 13.7 Å². The molecule has 1 aromatic rings. The maximum Gasteiger partial charge on any atom is 0.413 e. The molecule has 1 heterocycles. The number of esters is 1. The fraction of sp³-hybridized carbons (Fsp3) is 0.429. The summed E-state index contributed by atoms with van der Waals surface area (Å²) >= 11 is 0.534. The molecule has 0 atom stereocenters. The van der Waals surface area contributed by atoms with Gasteiger partial charge in [0, 0.05) is 0 Å². The molecule has 7 nitrogen and oxygen atoms in total. The first-order chi connectivity index (χ1) is 8.67. The van der Waals surface area contributed by atoms with E-state index in [1.807, 2.05) is 0 Å². The molecular formula is C7H7F3N2O5S2. The van der Waals surface area contributed by atoms with Crippen molar-refractivity contribution in [3.05, 3.63) is 11.2 Å². The highest BCUT2D eigenvalue weighted by atomic mass is 32.2. The Kier molecular flexibility index (Phi) is 4.84. The summed E-state index contributed by atoms with van der Waals surface area (Å²) in [4.78, 5) is 19.7. The van der Waals surface area contributed by atoms with E-state index in [1.165, 1.54) is 4.89 Å². The van der Waals surface area contributed by atoms with Gasteiger partial charge < -0.3 is 4.74 Å². The first-order valence-electron chi connectivity index (χ1n) is 4.39. The molecule has 1 rings (SSSR count). The zero-order valence-corrected chi connectivity index (χ0v) is 10.9. The summed E-state index contributed by atoms with van der Waals surface area (Å²) in [5.41, 5.74) is 0.500.